The fourth-order valence-electron chi connectivity index (χ4n) is 2.75. The van der Waals surface area contributed by atoms with Crippen molar-refractivity contribution in [1.29, 1.82) is 0 Å². The second-order valence-electron chi connectivity index (χ2n) is 6.04. The maximum Gasteiger partial charge on any atom is 0.197 e. The summed E-state index contributed by atoms with van der Waals surface area (Å²) in [5.74, 6) is 0.848. The highest BCUT2D eigenvalue weighted by atomic mass is 32.2. The molecule has 2 aromatic carbocycles. The molecule has 0 fully saturated rings. The van der Waals surface area contributed by atoms with Crippen LogP contribution in [0.2, 0.25) is 0 Å². The van der Waals surface area contributed by atoms with E-state index in [9.17, 15) is 0 Å². The van der Waals surface area contributed by atoms with E-state index in [1.807, 2.05) is 23.7 Å². The highest BCUT2D eigenvalue weighted by Crippen LogP contribution is 2.32. The summed E-state index contributed by atoms with van der Waals surface area (Å²) in [7, 11) is 1.98. The molecule has 0 radical (unpaired) electrons. The predicted molar refractivity (Wildman–Crippen MR) is 99.6 cm³/mol. The van der Waals surface area contributed by atoms with Crippen molar-refractivity contribution >= 4 is 22.7 Å². The summed E-state index contributed by atoms with van der Waals surface area (Å²) in [6.07, 6.45) is 1.60. The van der Waals surface area contributed by atoms with Crippen LogP contribution in [0, 0.1) is 13.8 Å². The first kappa shape index (κ1) is 15.8. The normalized spacial score (nSPS) is 11.2. The Labute approximate surface area is 150 Å². The highest BCUT2D eigenvalue weighted by molar-refractivity contribution is 7.99. The van der Waals surface area contributed by atoms with Crippen LogP contribution in [-0.4, -0.2) is 24.7 Å². The van der Waals surface area contributed by atoms with E-state index in [1.54, 1.807) is 6.33 Å². The lowest BCUT2D eigenvalue weighted by atomic mass is 10.1. The molecule has 0 bridgehead atoms. The third kappa shape index (κ3) is 3.00. The monoisotopic (exact) mass is 347 g/mol. The van der Waals surface area contributed by atoms with Crippen LogP contribution in [-0.2, 0) is 7.05 Å². The Morgan fingerprint density at radius 3 is 2.60 bits per heavy atom. The molecule has 6 heteroatoms. The van der Waals surface area contributed by atoms with E-state index < -0.39 is 0 Å². The van der Waals surface area contributed by atoms with Gasteiger partial charge in [0.15, 0.2) is 11.0 Å². The minimum atomic E-state index is 0.804. The number of benzene rings is 2. The molecule has 0 aliphatic heterocycles. The standard InChI is InChI=1S/C19H17N5S/c1-12-5-4-6-14(9-12)17-22-23-19(24(17)3)25-18-15-10-13(2)7-8-16(15)20-11-21-18/h4-11H,1-3H3. The Morgan fingerprint density at radius 2 is 1.76 bits per heavy atom. The Hall–Kier alpha value is -2.73. The molecule has 0 amide bonds. The fraction of sp³-hybridized carbons (Fsp3) is 0.158. The lowest BCUT2D eigenvalue weighted by Crippen LogP contribution is -1.96. The molecule has 0 saturated heterocycles. The summed E-state index contributed by atoms with van der Waals surface area (Å²) in [5, 5.41) is 11.5. The molecule has 0 aliphatic carbocycles. The lowest BCUT2D eigenvalue weighted by molar-refractivity contribution is 0.792. The van der Waals surface area contributed by atoms with Gasteiger partial charge in [-0.2, -0.15) is 0 Å². The number of fused-ring (bicyclic) bond motifs is 1. The minimum Gasteiger partial charge on any atom is -0.305 e. The molecule has 5 nitrogen and oxygen atoms in total. The van der Waals surface area contributed by atoms with Crippen LogP contribution in [0.25, 0.3) is 22.3 Å². The van der Waals surface area contributed by atoms with Gasteiger partial charge >= 0.3 is 0 Å². The molecule has 0 spiro atoms. The molecule has 2 aromatic heterocycles. The average molecular weight is 347 g/mol. The second-order valence-corrected chi connectivity index (χ2v) is 6.99. The zero-order valence-electron chi connectivity index (χ0n) is 14.3. The molecule has 4 rings (SSSR count). The highest BCUT2D eigenvalue weighted by Gasteiger charge is 2.14. The molecule has 124 valence electrons. The third-order valence-corrected chi connectivity index (χ3v) is 5.11. The van der Waals surface area contributed by atoms with E-state index in [1.165, 1.54) is 22.9 Å². The van der Waals surface area contributed by atoms with Crippen LogP contribution in [0.1, 0.15) is 11.1 Å². The topological polar surface area (TPSA) is 56.5 Å². The van der Waals surface area contributed by atoms with Crippen molar-refractivity contribution in [3.05, 3.63) is 59.9 Å². The summed E-state index contributed by atoms with van der Waals surface area (Å²) < 4.78 is 2.00. The quantitative estimate of drug-likeness (QED) is 0.520. The smallest absolute Gasteiger partial charge is 0.197 e. The van der Waals surface area contributed by atoms with Gasteiger partial charge in [0.2, 0.25) is 0 Å². The van der Waals surface area contributed by atoms with Gasteiger partial charge in [-0.05, 0) is 43.8 Å². The van der Waals surface area contributed by atoms with E-state index in [2.05, 4.69) is 64.3 Å². The molecule has 0 N–H and O–H groups in total. The average Bonchev–Trinajstić information content (AvgIpc) is 2.96. The van der Waals surface area contributed by atoms with Crippen LogP contribution in [0.15, 0.2) is 59.0 Å². The first-order valence-corrected chi connectivity index (χ1v) is 8.79. The van der Waals surface area contributed by atoms with Gasteiger partial charge in [-0.3, -0.25) is 0 Å². The summed E-state index contributed by atoms with van der Waals surface area (Å²) in [6.45, 7) is 4.14. The Balaban J connectivity index is 1.74. The number of nitrogens with zero attached hydrogens (tertiary/aromatic N) is 5. The van der Waals surface area contributed by atoms with Crippen molar-refractivity contribution in [2.24, 2.45) is 7.05 Å². The summed E-state index contributed by atoms with van der Waals surface area (Å²) in [5.41, 5.74) is 4.38. The fourth-order valence-corrected chi connectivity index (χ4v) is 3.61. The van der Waals surface area contributed by atoms with Crippen molar-refractivity contribution in [2.45, 2.75) is 24.0 Å². The van der Waals surface area contributed by atoms with Crippen molar-refractivity contribution in [1.82, 2.24) is 24.7 Å². The van der Waals surface area contributed by atoms with Crippen LogP contribution in [0.4, 0.5) is 0 Å². The number of aryl methyl sites for hydroxylation is 2. The Morgan fingerprint density at radius 1 is 0.920 bits per heavy atom. The largest absolute Gasteiger partial charge is 0.305 e. The summed E-state index contributed by atoms with van der Waals surface area (Å²) in [6, 6.07) is 14.5. The zero-order chi connectivity index (χ0) is 17.4. The van der Waals surface area contributed by atoms with Crippen LogP contribution in [0.5, 0.6) is 0 Å². The SMILES string of the molecule is Cc1cccc(-c2nnc(Sc3ncnc4ccc(C)cc34)n2C)c1. The van der Waals surface area contributed by atoms with Gasteiger partial charge in [0.25, 0.3) is 0 Å². The van der Waals surface area contributed by atoms with Gasteiger partial charge in [0.05, 0.1) is 5.52 Å². The lowest BCUT2D eigenvalue weighted by Gasteiger charge is -2.06. The van der Waals surface area contributed by atoms with Gasteiger partial charge < -0.3 is 4.57 Å². The van der Waals surface area contributed by atoms with E-state index in [4.69, 9.17) is 0 Å². The van der Waals surface area contributed by atoms with Gasteiger partial charge in [-0.1, -0.05) is 35.4 Å². The molecule has 25 heavy (non-hydrogen) atoms. The molecule has 2 heterocycles. The van der Waals surface area contributed by atoms with Crippen molar-refractivity contribution < 1.29 is 0 Å². The molecule has 0 saturated carbocycles. The predicted octanol–water partition coefficient (Wildman–Crippen LogP) is 4.19. The van der Waals surface area contributed by atoms with Crippen molar-refractivity contribution in [2.75, 3.05) is 0 Å². The van der Waals surface area contributed by atoms with Gasteiger partial charge in [-0.25, -0.2) is 9.97 Å². The zero-order valence-corrected chi connectivity index (χ0v) is 15.1. The van der Waals surface area contributed by atoms with Gasteiger partial charge in [-0.15, -0.1) is 10.2 Å². The molecule has 0 atom stereocenters. The van der Waals surface area contributed by atoms with Gasteiger partial charge in [0.1, 0.15) is 11.4 Å². The minimum absolute atomic E-state index is 0.804. The summed E-state index contributed by atoms with van der Waals surface area (Å²) >= 11 is 1.51. The third-order valence-electron chi connectivity index (χ3n) is 4.05. The van der Waals surface area contributed by atoms with E-state index in [-0.39, 0.29) is 0 Å². The first-order valence-electron chi connectivity index (χ1n) is 7.97. The molecule has 0 aliphatic rings. The maximum absolute atomic E-state index is 4.45. The Bertz CT molecular complexity index is 1070. The Kier molecular flexibility index (Phi) is 3.97. The van der Waals surface area contributed by atoms with Crippen LogP contribution < -0.4 is 0 Å². The summed E-state index contributed by atoms with van der Waals surface area (Å²) in [4.78, 5) is 8.79. The number of rotatable bonds is 3. The van der Waals surface area contributed by atoms with Crippen LogP contribution >= 0.6 is 11.8 Å². The molecule has 4 aromatic rings. The van der Waals surface area contributed by atoms with Crippen LogP contribution in [0.3, 0.4) is 0 Å². The van der Waals surface area contributed by atoms with E-state index >= 15 is 0 Å². The van der Waals surface area contributed by atoms with Crippen molar-refractivity contribution in [3.63, 3.8) is 0 Å². The van der Waals surface area contributed by atoms with E-state index in [0.717, 1.165) is 32.5 Å². The number of aromatic nitrogens is 5. The maximum atomic E-state index is 4.45. The van der Waals surface area contributed by atoms with E-state index in [0.29, 0.717) is 0 Å². The molecular formula is C19H17N5S. The molecular weight excluding hydrogens is 330 g/mol. The van der Waals surface area contributed by atoms with Gasteiger partial charge in [0, 0.05) is 18.0 Å². The number of hydrogen-bond acceptors (Lipinski definition) is 5. The van der Waals surface area contributed by atoms with Crippen molar-refractivity contribution in [3.8, 4) is 11.4 Å². The second kappa shape index (κ2) is 6.29. The number of hydrogen-bond donors (Lipinski definition) is 0. The first-order chi connectivity index (χ1) is 12.1. The molecule has 0 unspecified atom stereocenters.